The van der Waals surface area contributed by atoms with Crippen LogP contribution in [-0.2, 0) is 22.4 Å². The van der Waals surface area contributed by atoms with Gasteiger partial charge in [0.25, 0.3) is 0 Å². The van der Waals surface area contributed by atoms with Crippen LogP contribution in [0, 0.1) is 0 Å². The summed E-state index contributed by atoms with van der Waals surface area (Å²) in [5.41, 5.74) is 2.08. The monoisotopic (exact) mass is 416 g/mol. The number of carbonyl (C=O) groups excluding carboxylic acids is 1. The molecule has 5 heteroatoms. The molecule has 1 unspecified atom stereocenters. The van der Waals surface area contributed by atoms with Gasteiger partial charge in [0, 0.05) is 9.99 Å². The standard InChI is InChI=1S/C17H21IO4/c1-3-5-13-14(21-11-4-10-18)8-6-12-7-9-15(17(19)20-2)22-16(12)13/h3,6,8,15H,1,4-5,7,9-11H2,2H3. The number of ether oxygens (including phenoxy) is 3. The lowest BCUT2D eigenvalue weighted by molar-refractivity contribution is -0.149. The Hall–Kier alpha value is -1.24. The lowest BCUT2D eigenvalue weighted by atomic mass is 9.97. The zero-order chi connectivity index (χ0) is 15.9. The molecule has 1 aromatic carbocycles. The number of esters is 1. The third-order valence-electron chi connectivity index (χ3n) is 3.58. The normalized spacial score (nSPS) is 16.4. The molecule has 1 aliphatic heterocycles. The summed E-state index contributed by atoms with van der Waals surface area (Å²) in [6, 6.07) is 4.02. The van der Waals surface area contributed by atoms with Gasteiger partial charge < -0.3 is 14.2 Å². The van der Waals surface area contributed by atoms with Crippen molar-refractivity contribution >= 4 is 28.6 Å². The van der Waals surface area contributed by atoms with Crippen molar-refractivity contribution in [2.24, 2.45) is 0 Å². The second kappa shape index (κ2) is 8.41. The Morgan fingerprint density at radius 2 is 2.36 bits per heavy atom. The average Bonchev–Trinajstić information content (AvgIpc) is 2.55. The molecule has 4 nitrogen and oxygen atoms in total. The fraction of sp³-hybridized carbons (Fsp3) is 0.471. The van der Waals surface area contributed by atoms with Gasteiger partial charge in [0.1, 0.15) is 11.5 Å². The van der Waals surface area contributed by atoms with Gasteiger partial charge in [0.2, 0.25) is 0 Å². The second-order valence-corrected chi connectivity index (χ2v) is 6.16. The van der Waals surface area contributed by atoms with E-state index in [9.17, 15) is 4.79 Å². The quantitative estimate of drug-likeness (QED) is 0.225. The van der Waals surface area contributed by atoms with Gasteiger partial charge in [-0.1, -0.05) is 34.7 Å². The Morgan fingerprint density at radius 1 is 1.55 bits per heavy atom. The fourth-order valence-corrected chi connectivity index (χ4v) is 2.81. The number of halogens is 1. The zero-order valence-electron chi connectivity index (χ0n) is 12.8. The molecule has 0 radical (unpaired) electrons. The van der Waals surface area contributed by atoms with Gasteiger partial charge in [0.15, 0.2) is 6.10 Å². The molecule has 2 rings (SSSR count). The molecule has 1 aromatic rings. The van der Waals surface area contributed by atoms with Crippen LogP contribution in [0.3, 0.4) is 0 Å². The van der Waals surface area contributed by atoms with Gasteiger partial charge in [0.05, 0.1) is 13.7 Å². The van der Waals surface area contributed by atoms with E-state index in [-0.39, 0.29) is 5.97 Å². The first-order valence-corrected chi connectivity index (χ1v) is 8.92. The number of benzene rings is 1. The lowest BCUT2D eigenvalue weighted by Crippen LogP contribution is -2.32. The molecule has 1 atom stereocenters. The van der Waals surface area contributed by atoms with Gasteiger partial charge in [-0.3, -0.25) is 0 Å². The highest BCUT2D eigenvalue weighted by Gasteiger charge is 2.29. The zero-order valence-corrected chi connectivity index (χ0v) is 14.9. The van der Waals surface area contributed by atoms with Crippen LogP contribution in [-0.4, -0.2) is 30.2 Å². The summed E-state index contributed by atoms with van der Waals surface area (Å²) in [6.45, 7) is 4.48. The summed E-state index contributed by atoms with van der Waals surface area (Å²) in [4.78, 5) is 11.7. The van der Waals surface area contributed by atoms with Crippen molar-refractivity contribution in [3.05, 3.63) is 35.9 Å². The van der Waals surface area contributed by atoms with Crippen LogP contribution in [0.4, 0.5) is 0 Å². The van der Waals surface area contributed by atoms with Crippen LogP contribution in [0.1, 0.15) is 24.0 Å². The van der Waals surface area contributed by atoms with E-state index >= 15 is 0 Å². The first-order chi connectivity index (χ1) is 10.7. The summed E-state index contributed by atoms with van der Waals surface area (Å²) < 4.78 is 17.6. The topological polar surface area (TPSA) is 44.8 Å². The first kappa shape index (κ1) is 17.1. The molecule has 1 aliphatic rings. The third kappa shape index (κ3) is 3.94. The van der Waals surface area contributed by atoms with Crippen molar-refractivity contribution in [3.63, 3.8) is 0 Å². The van der Waals surface area contributed by atoms with Crippen LogP contribution < -0.4 is 9.47 Å². The highest BCUT2D eigenvalue weighted by atomic mass is 127. The van der Waals surface area contributed by atoms with Crippen LogP contribution in [0.25, 0.3) is 0 Å². The number of methoxy groups -OCH3 is 1. The maximum Gasteiger partial charge on any atom is 0.347 e. The Bertz CT molecular complexity index is 542. The van der Waals surface area contributed by atoms with Crippen LogP contribution >= 0.6 is 22.6 Å². The molecular weight excluding hydrogens is 395 g/mol. The molecule has 22 heavy (non-hydrogen) atoms. The molecule has 0 N–H and O–H groups in total. The molecule has 0 fully saturated rings. The van der Waals surface area contributed by atoms with Crippen molar-refractivity contribution in [2.75, 3.05) is 18.1 Å². The van der Waals surface area contributed by atoms with Crippen LogP contribution in [0.5, 0.6) is 11.5 Å². The highest BCUT2D eigenvalue weighted by molar-refractivity contribution is 14.1. The molecule has 1 heterocycles. The molecule has 0 bridgehead atoms. The van der Waals surface area contributed by atoms with E-state index in [0.717, 1.165) is 39.9 Å². The minimum Gasteiger partial charge on any atom is -0.493 e. The highest BCUT2D eigenvalue weighted by Crippen LogP contribution is 2.38. The van der Waals surface area contributed by atoms with E-state index < -0.39 is 6.10 Å². The molecule has 0 saturated heterocycles. The maximum atomic E-state index is 11.7. The van der Waals surface area contributed by atoms with Crippen molar-refractivity contribution in [3.8, 4) is 11.5 Å². The fourth-order valence-electron chi connectivity index (χ4n) is 2.50. The van der Waals surface area contributed by atoms with Gasteiger partial charge in [-0.15, -0.1) is 6.58 Å². The molecule has 120 valence electrons. The van der Waals surface area contributed by atoms with Crippen LogP contribution in [0.2, 0.25) is 0 Å². The third-order valence-corrected chi connectivity index (χ3v) is 4.35. The number of carbonyl (C=O) groups is 1. The van der Waals surface area contributed by atoms with E-state index in [1.54, 1.807) is 0 Å². The summed E-state index contributed by atoms with van der Waals surface area (Å²) in [7, 11) is 1.38. The van der Waals surface area contributed by atoms with Crippen molar-refractivity contribution in [1.29, 1.82) is 0 Å². The average molecular weight is 416 g/mol. The number of allylic oxidation sites excluding steroid dienone is 1. The lowest BCUT2D eigenvalue weighted by Gasteiger charge is -2.27. The molecular formula is C17H21IO4. The summed E-state index contributed by atoms with van der Waals surface area (Å²) in [5.74, 6) is 1.24. The molecule has 0 saturated carbocycles. The SMILES string of the molecule is C=CCc1c(OCCCI)ccc2c1OC(C(=O)OC)CC2. The van der Waals surface area contributed by atoms with Gasteiger partial charge in [-0.25, -0.2) is 4.79 Å². The number of alkyl halides is 1. The summed E-state index contributed by atoms with van der Waals surface area (Å²) in [6.07, 6.45) is 4.38. The van der Waals surface area contributed by atoms with Crippen LogP contribution in [0.15, 0.2) is 24.8 Å². The Balaban J connectivity index is 2.28. The second-order valence-electron chi connectivity index (χ2n) is 5.08. The van der Waals surface area contributed by atoms with Crippen molar-refractivity contribution in [2.45, 2.75) is 31.8 Å². The molecule has 0 aliphatic carbocycles. The number of fused-ring (bicyclic) bond motifs is 1. The number of aryl methyl sites for hydroxylation is 1. The number of rotatable bonds is 7. The largest absolute Gasteiger partial charge is 0.493 e. The summed E-state index contributed by atoms with van der Waals surface area (Å²) >= 11 is 2.33. The molecule has 0 amide bonds. The van der Waals surface area contributed by atoms with E-state index in [1.165, 1.54) is 7.11 Å². The molecule has 0 aromatic heterocycles. The van der Waals surface area contributed by atoms with Gasteiger partial charge in [-0.2, -0.15) is 0 Å². The van der Waals surface area contributed by atoms with E-state index in [1.807, 2.05) is 18.2 Å². The summed E-state index contributed by atoms with van der Waals surface area (Å²) in [5, 5.41) is 0. The molecule has 0 spiro atoms. The predicted molar refractivity (Wildman–Crippen MR) is 94.1 cm³/mol. The van der Waals surface area contributed by atoms with Gasteiger partial charge in [-0.05, 0) is 37.3 Å². The number of hydrogen-bond donors (Lipinski definition) is 0. The maximum absolute atomic E-state index is 11.7. The van der Waals surface area contributed by atoms with E-state index in [4.69, 9.17) is 14.2 Å². The Labute approximate surface area is 145 Å². The predicted octanol–water partition coefficient (Wildman–Crippen LogP) is 3.49. The minimum atomic E-state index is -0.536. The van der Waals surface area contributed by atoms with Crippen molar-refractivity contribution in [1.82, 2.24) is 0 Å². The smallest absolute Gasteiger partial charge is 0.347 e. The number of hydrogen-bond acceptors (Lipinski definition) is 4. The van der Waals surface area contributed by atoms with E-state index in [2.05, 4.69) is 29.2 Å². The minimum absolute atomic E-state index is 0.327. The first-order valence-electron chi connectivity index (χ1n) is 7.40. The van der Waals surface area contributed by atoms with Gasteiger partial charge >= 0.3 is 5.97 Å². The Morgan fingerprint density at radius 3 is 3.05 bits per heavy atom. The Kier molecular flexibility index (Phi) is 6.54. The van der Waals surface area contributed by atoms with Crippen molar-refractivity contribution < 1.29 is 19.0 Å². The van der Waals surface area contributed by atoms with E-state index in [0.29, 0.717) is 19.4 Å².